The van der Waals surface area contributed by atoms with Crippen LogP contribution in [0.15, 0.2) is 24.5 Å². The largest absolute Gasteiger partial charge is 0.367 e. The summed E-state index contributed by atoms with van der Waals surface area (Å²) >= 11 is 11.8. The second-order valence-electron chi connectivity index (χ2n) is 4.30. The maximum Gasteiger partial charge on any atom is 0.244 e. The van der Waals surface area contributed by atoms with Gasteiger partial charge in [0.25, 0.3) is 0 Å². The number of likely N-dealkylation sites (N-methyl/N-ethyl adjacent to an activating group) is 1. The number of hydrogen-bond acceptors (Lipinski definition) is 4. The molecule has 1 amide bonds. The molecule has 0 radical (unpaired) electrons. The van der Waals surface area contributed by atoms with Gasteiger partial charge < -0.3 is 10.6 Å². The van der Waals surface area contributed by atoms with E-state index < -0.39 is 0 Å². The lowest BCUT2D eigenvalue weighted by molar-refractivity contribution is -0.131. The summed E-state index contributed by atoms with van der Waals surface area (Å²) in [5.74, 6) is 0.0332. The zero-order valence-electron chi connectivity index (χ0n) is 10.8. The first-order valence-corrected chi connectivity index (χ1v) is 6.54. The third-order valence-electron chi connectivity index (χ3n) is 2.68. The second-order valence-corrected chi connectivity index (χ2v) is 5.11. The van der Waals surface area contributed by atoms with Crippen LogP contribution in [0.25, 0.3) is 0 Å². The Hall–Kier alpha value is -1.79. The fraction of sp³-hybridized carbons (Fsp3) is 0.250. The molecule has 0 saturated carbocycles. The Bertz CT molecular complexity index is 628. The minimum atomic E-state index is -0.110. The fourth-order valence-corrected chi connectivity index (χ4v) is 1.97. The van der Waals surface area contributed by atoms with Gasteiger partial charge in [0.2, 0.25) is 11.9 Å². The number of amides is 1. The highest BCUT2D eigenvalue weighted by atomic mass is 35.5. The van der Waals surface area contributed by atoms with Crippen LogP contribution in [0, 0.1) is 0 Å². The van der Waals surface area contributed by atoms with Crippen LogP contribution in [-0.4, -0.2) is 32.6 Å². The summed E-state index contributed by atoms with van der Waals surface area (Å²) in [6.07, 6.45) is 1.42. The first-order chi connectivity index (χ1) is 9.45. The lowest BCUT2D eigenvalue weighted by atomic mass is 10.2. The molecule has 0 bridgehead atoms. The van der Waals surface area contributed by atoms with E-state index in [1.54, 1.807) is 24.1 Å². The molecule has 1 aromatic heterocycles. The van der Waals surface area contributed by atoms with Crippen LogP contribution in [0.2, 0.25) is 10.0 Å². The molecule has 0 spiro atoms. The Balaban J connectivity index is 1.98. The van der Waals surface area contributed by atoms with Gasteiger partial charge in [0.1, 0.15) is 12.9 Å². The Morgan fingerprint density at radius 1 is 1.40 bits per heavy atom. The summed E-state index contributed by atoms with van der Waals surface area (Å²) in [4.78, 5) is 17.3. The van der Waals surface area contributed by atoms with Gasteiger partial charge in [-0.15, -0.1) is 5.10 Å². The minimum absolute atomic E-state index is 0.0853. The van der Waals surface area contributed by atoms with Crippen molar-refractivity contribution in [2.45, 2.75) is 13.1 Å². The molecule has 0 fully saturated rings. The molecule has 106 valence electrons. The number of nitrogen functional groups attached to an aromatic ring is 1. The molecule has 20 heavy (non-hydrogen) atoms. The molecule has 0 aliphatic rings. The molecule has 1 aromatic carbocycles. The summed E-state index contributed by atoms with van der Waals surface area (Å²) in [7, 11) is 1.70. The normalized spacial score (nSPS) is 10.6. The smallest absolute Gasteiger partial charge is 0.244 e. The Kier molecular flexibility index (Phi) is 4.46. The van der Waals surface area contributed by atoms with Crippen molar-refractivity contribution in [3.63, 3.8) is 0 Å². The van der Waals surface area contributed by atoms with E-state index in [0.717, 1.165) is 5.56 Å². The molecule has 0 saturated heterocycles. The van der Waals surface area contributed by atoms with Crippen molar-refractivity contribution < 1.29 is 4.79 Å². The topological polar surface area (TPSA) is 77.0 Å². The molecular weight excluding hydrogens is 301 g/mol. The number of nitrogens with zero attached hydrogens (tertiary/aromatic N) is 4. The van der Waals surface area contributed by atoms with Gasteiger partial charge in [-0.25, -0.2) is 9.67 Å². The maximum atomic E-state index is 12.0. The average Bonchev–Trinajstić information content (AvgIpc) is 2.79. The van der Waals surface area contributed by atoms with Crippen molar-refractivity contribution in [1.29, 1.82) is 0 Å². The predicted molar refractivity (Wildman–Crippen MR) is 77.4 cm³/mol. The third-order valence-corrected chi connectivity index (χ3v) is 3.42. The SMILES string of the molecule is CN(Cc1ccc(Cl)c(Cl)c1)C(=O)Cn1cnc(N)n1. The molecule has 0 unspecified atom stereocenters. The van der Waals surface area contributed by atoms with Gasteiger partial charge in [-0.2, -0.15) is 0 Å². The highest BCUT2D eigenvalue weighted by molar-refractivity contribution is 6.42. The van der Waals surface area contributed by atoms with Crippen molar-refractivity contribution in [1.82, 2.24) is 19.7 Å². The van der Waals surface area contributed by atoms with Gasteiger partial charge in [0.15, 0.2) is 0 Å². The molecule has 8 heteroatoms. The molecule has 0 atom stereocenters. The van der Waals surface area contributed by atoms with Crippen LogP contribution in [-0.2, 0) is 17.9 Å². The molecule has 0 aliphatic heterocycles. The predicted octanol–water partition coefficient (Wildman–Crippen LogP) is 1.83. The minimum Gasteiger partial charge on any atom is -0.367 e. The van der Waals surface area contributed by atoms with E-state index >= 15 is 0 Å². The van der Waals surface area contributed by atoms with E-state index in [1.807, 2.05) is 6.07 Å². The highest BCUT2D eigenvalue weighted by Gasteiger charge is 2.11. The van der Waals surface area contributed by atoms with E-state index in [2.05, 4.69) is 10.1 Å². The van der Waals surface area contributed by atoms with Gasteiger partial charge in [-0.05, 0) is 17.7 Å². The summed E-state index contributed by atoms with van der Waals surface area (Å²) < 4.78 is 1.39. The lowest BCUT2D eigenvalue weighted by Crippen LogP contribution is -2.30. The maximum absolute atomic E-state index is 12.0. The summed E-state index contributed by atoms with van der Waals surface area (Å²) in [5.41, 5.74) is 6.29. The van der Waals surface area contributed by atoms with Crippen molar-refractivity contribution in [3.8, 4) is 0 Å². The number of carbonyl (C=O) groups excluding carboxylic acids is 1. The summed E-state index contributed by atoms with van der Waals surface area (Å²) in [6, 6.07) is 5.27. The van der Waals surface area contributed by atoms with Gasteiger partial charge >= 0.3 is 0 Å². The number of aromatic nitrogens is 3. The lowest BCUT2D eigenvalue weighted by Gasteiger charge is -2.17. The highest BCUT2D eigenvalue weighted by Crippen LogP contribution is 2.23. The zero-order chi connectivity index (χ0) is 14.7. The summed E-state index contributed by atoms with van der Waals surface area (Å²) in [6.45, 7) is 0.516. The molecule has 0 aliphatic carbocycles. The van der Waals surface area contributed by atoms with E-state index in [1.165, 1.54) is 11.0 Å². The first kappa shape index (κ1) is 14.6. The van der Waals surface area contributed by atoms with Crippen molar-refractivity contribution >= 4 is 35.1 Å². The van der Waals surface area contributed by atoms with Crippen LogP contribution in [0.3, 0.4) is 0 Å². The molecule has 6 nitrogen and oxygen atoms in total. The van der Waals surface area contributed by atoms with Crippen LogP contribution in [0.5, 0.6) is 0 Å². The van der Waals surface area contributed by atoms with E-state index in [-0.39, 0.29) is 18.4 Å². The zero-order valence-corrected chi connectivity index (χ0v) is 12.3. The van der Waals surface area contributed by atoms with Crippen LogP contribution in [0.4, 0.5) is 5.95 Å². The van der Waals surface area contributed by atoms with Crippen molar-refractivity contribution in [2.24, 2.45) is 0 Å². The fourth-order valence-electron chi connectivity index (χ4n) is 1.64. The van der Waals surface area contributed by atoms with Crippen LogP contribution < -0.4 is 5.73 Å². The first-order valence-electron chi connectivity index (χ1n) is 5.78. The summed E-state index contributed by atoms with van der Waals surface area (Å²) in [5, 5.41) is 4.82. The number of carbonyl (C=O) groups is 1. The molecule has 2 rings (SSSR count). The van der Waals surface area contributed by atoms with E-state index in [9.17, 15) is 4.79 Å². The number of rotatable bonds is 4. The quantitative estimate of drug-likeness (QED) is 0.934. The van der Waals surface area contributed by atoms with Crippen molar-refractivity contribution in [3.05, 3.63) is 40.1 Å². The third kappa shape index (κ3) is 3.61. The molecular formula is C12H13Cl2N5O. The monoisotopic (exact) mass is 313 g/mol. The molecule has 1 heterocycles. The van der Waals surface area contributed by atoms with E-state index in [4.69, 9.17) is 28.9 Å². The number of hydrogen-bond donors (Lipinski definition) is 1. The number of halogens is 2. The van der Waals surface area contributed by atoms with E-state index in [0.29, 0.717) is 16.6 Å². The number of benzene rings is 1. The van der Waals surface area contributed by atoms with Gasteiger partial charge in [0, 0.05) is 13.6 Å². The number of anilines is 1. The average molecular weight is 314 g/mol. The van der Waals surface area contributed by atoms with Gasteiger partial charge in [-0.1, -0.05) is 29.3 Å². The Morgan fingerprint density at radius 3 is 2.75 bits per heavy atom. The second kappa shape index (κ2) is 6.11. The number of nitrogens with two attached hydrogens (primary N) is 1. The van der Waals surface area contributed by atoms with Crippen LogP contribution in [0.1, 0.15) is 5.56 Å². The van der Waals surface area contributed by atoms with Gasteiger partial charge in [-0.3, -0.25) is 4.79 Å². The Labute approximate surface area is 126 Å². The standard InChI is InChI=1S/C12H13Cl2N5O/c1-18(5-8-2-3-9(13)10(14)4-8)11(20)6-19-7-16-12(15)17-19/h2-4,7H,5-6H2,1H3,(H2,15,17). The molecule has 2 aromatic rings. The van der Waals surface area contributed by atoms with Gasteiger partial charge in [0.05, 0.1) is 10.0 Å². The molecule has 2 N–H and O–H groups in total. The Morgan fingerprint density at radius 2 is 2.15 bits per heavy atom. The van der Waals surface area contributed by atoms with Crippen LogP contribution >= 0.6 is 23.2 Å². The van der Waals surface area contributed by atoms with Crippen molar-refractivity contribution in [2.75, 3.05) is 12.8 Å².